The average Bonchev–Trinajstić information content (AvgIpc) is 1.86. The van der Waals surface area contributed by atoms with E-state index in [4.69, 9.17) is 5.11 Å². The molecule has 1 atom stereocenters. The Hall–Kier alpha value is -0.120. The zero-order valence-electron chi connectivity index (χ0n) is 7.59. The van der Waals surface area contributed by atoms with Gasteiger partial charge in [0.1, 0.15) is 0 Å². The molecule has 3 heteroatoms. The lowest BCUT2D eigenvalue weighted by molar-refractivity contribution is 0.0621. The van der Waals surface area contributed by atoms with Gasteiger partial charge in [-0.25, -0.2) is 0 Å². The Kier molecular flexibility index (Phi) is 4.65. The zero-order chi connectivity index (χ0) is 8.91. The second-order valence-corrected chi connectivity index (χ2v) is 3.81. The maximum Gasteiger partial charge on any atom is 0.0712 e. The van der Waals surface area contributed by atoms with E-state index in [0.29, 0.717) is 13.1 Å². The maximum absolute atomic E-state index is 9.47. The van der Waals surface area contributed by atoms with Gasteiger partial charge in [-0.1, -0.05) is 20.8 Å². The topological polar surface area (TPSA) is 52.5 Å². The van der Waals surface area contributed by atoms with Crippen LogP contribution in [-0.2, 0) is 0 Å². The van der Waals surface area contributed by atoms with Crippen LogP contribution in [0, 0.1) is 5.41 Å². The number of aliphatic hydroxyl groups is 2. The highest BCUT2D eigenvalue weighted by atomic mass is 16.3. The summed E-state index contributed by atoms with van der Waals surface area (Å²) in [6.07, 6.45) is -0.353. The zero-order valence-corrected chi connectivity index (χ0v) is 7.59. The summed E-state index contributed by atoms with van der Waals surface area (Å²) in [4.78, 5) is 0. The van der Waals surface area contributed by atoms with Crippen molar-refractivity contribution >= 4 is 0 Å². The molecular weight excluding hydrogens is 142 g/mol. The molecule has 0 radical (unpaired) electrons. The summed E-state index contributed by atoms with van der Waals surface area (Å²) in [6, 6.07) is 0. The molecule has 3 N–H and O–H groups in total. The van der Waals surface area contributed by atoms with E-state index in [9.17, 15) is 5.11 Å². The van der Waals surface area contributed by atoms with Gasteiger partial charge in [-0.3, -0.25) is 0 Å². The molecule has 0 aliphatic carbocycles. The first kappa shape index (κ1) is 10.9. The normalized spacial score (nSPS) is 15.0. The van der Waals surface area contributed by atoms with Crippen molar-refractivity contribution in [1.29, 1.82) is 0 Å². The molecule has 0 rings (SSSR count). The van der Waals surface area contributed by atoms with E-state index < -0.39 is 0 Å². The van der Waals surface area contributed by atoms with Crippen molar-refractivity contribution in [3.05, 3.63) is 0 Å². The van der Waals surface area contributed by atoms with E-state index in [0.717, 1.165) is 0 Å². The lowest BCUT2D eigenvalue weighted by atomic mass is 9.89. The molecule has 0 fully saturated rings. The first-order chi connectivity index (χ1) is 4.98. The van der Waals surface area contributed by atoms with Gasteiger partial charge in [0, 0.05) is 13.1 Å². The lowest BCUT2D eigenvalue weighted by Gasteiger charge is -2.25. The van der Waals surface area contributed by atoms with Gasteiger partial charge < -0.3 is 15.5 Å². The molecule has 0 bridgehead atoms. The second-order valence-electron chi connectivity index (χ2n) is 3.81. The molecule has 0 saturated heterocycles. The van der Waals surface area contributed by atoms with Crippen LogP contribution in [0.1, 0.15) is 20.8 Å². The van der Waals surface area contributed by atoms with E-state index in [-0.39, 0.29) is 18.1 Å². The molecule has 1 unspecified atom stereocenters. The summed E-state index contributed by atoms with van der Waals surface area (Å²) >= 11 is 0. The van der Waals surface area contributed by atoms with Crippen LogP contribution in [0.25, 0.3) is 0 Å². The molecule has 0 aromatic rings. The van der Waals surface area contributed by atoms with E-state index >= 15 is 0 Å². The maximum atomic E-state index is 9.47. The van der Waals surface area contributed by atoms with E-state index in [1.54, 1.807) is 0 Å². The summed E-state index contributed by atoms with van der Waals surface area (Å²) in [5.41, 5.74) is -0.0809. The molecule has 0 amide bonds. The minimum atomic E-state index is -0.353. The standard InChI is InChI=1S/C8H19NO2/c1-8(2,3)7(11)6-9-4-5-10/h7,9-11H,4-6H2,1-3H3. The Morgan fingerprint density at radius 2 is 1.91 bits per heavy atom. The van der Waals surface area contributed by atoms with Crippen LogP contribution in [0.5, 0.6) is 0 Å². The van der Waals surface area contributed by atoms with Crippen molar-refractivity contribution in [2.24, 2.45) is 5.41 Å². The highest BCUT2D eigenvalue weighted by Gasteiger charge is 2.20. The molecule has 0 aliphatic rings. The summed E-state index contributed by atoms with van der Waals surface area (Å²) < 4.78 is 0. The van der Waals surface area contributed by atoms with Gasteiger partial charge in [-0.2, -0.15) is 0 Å². The first-order valence-corrected chi connectivity index (χ1v) is 3.98. The second kappa shape index (κ2) is 4.70. The first-order valence-electron chi connectivity index (χ1n) is 3.98. The molecule has 0 spiro atoms. The van der Waals surface area contributed by atoms with Gasteiger partial charge in [0.05, 0.1) is 12.7 Å². The largest absolute Gasteiger partial charge is 0.395 e. The third kappa shape index (κ3) is 5.18. The van der Waals surface area contributed by atoms with Crippen molar-refractivity contribution in [1.82, 2.24) is 5.32 Å². The van der Waals surface area contributed by atoms with E-state index in [1.807, 2.05) is 20.8 Å². The number of hydrogen-bond acceptors (Lipinski definition) is 3. The summed E-state index contributed by atoms with van der Waals surface area (Å²) in [6.45, 7) is 7.17. The predicted octanol–water partition coefficient (Wildman–Crippen LogP) is -0.0247. The Balaban J connectivity index is 3.44. The fourth-order valence-electron chi connectivity index (χ4n) is 0.624. The highest BCUT2D eigenvalue weighted by Crippen LogP contribution is 2.17. The van der Waals surface area contributed by atoms with Gasteiger partial charge in [-0.05, 0) is 5.41 Å². The minimum Gasteiger partial charge on any atom is -0.395 e. The van der Waals surface area contributed by atoms with Crippen LogP contribution >= 0.6 is 0 Å². The third-order valence-corrected chi connectivity index (χ3v) is 1.63. The molecule has 0 aromatic carbocycles. The molecule has 68 valence electrons. The molecule has 0 saturated carbocycles. The van der Waals surface area contributed by atoms with Crippen LogP contribution in [-0.4, -0.2) is 36.0 Å². The summed E-state index contributed by atoms with van der Waals surface area (Å²) in [5, 5.41) is 20.8. The van der Waals surface area contributed by atoms with Gasteiger partial charge in [0.2, 0.25) is 0 Å². The van der Waals surface area contributed by atoms with Crippen molar-refractivity contribution in [2.75, 3.05) is 19.7 Å². The molecule has 3 nitrogen and oxygen atoms in total. The van der Waals surface area contributed by atoms with Crippen LogP contribution < -0.4 is 5.32 Å². The summed E-state index contributed by atoms with van der Waals surface area (Å²) in [7, 11) is 0. The number of aliphatic hydroxyl groups excluding tert-OH is 2. The van der Waals surface area contributed by atoms with Crippen LogP contribution in [0.2, 0.25) is 0 Å². The fourth-order valence-corrected chi connectivity index (χ4v) is 0.624. The van der Waals surface area contributed by atoms with Crippen LogP contribution in [0.15, 0.2) is 0 Å². The number of rotatable bonds is 4. The van der Waals surface area contributed by atoms with Crippen molar-refractivity contribution in [2.45, 2.75) is 26.9 Å². The Morgan fingerprint density at radius 1 is 1.36 bits per heavy atom. The van der Waals surface area contributed by atoms with Crippen LogP contribution in [0.4, 0.5) is 0 Å². The fraction of sp³-hybridized carbons (Fsp3) is 1.00. The van der Waals surface area contributed by atoms with Gasteiger partial charge in [-0.15, -0.1) is 0 Å². The summed E-state index contributed by atoms with van der Waals surface area (Å²) in [5.74, 6) is 0. The van der Waals surface area contributed by atoms with Crippen LogP contribution in [0.3, 0.4) is 0 Å². The van der Waals surface area contributed by atoms with Crippen molar-refractivity contribution in [3.8, 4) is 0 Å². The van der Waals surface area contributed by atoms with Gasteiger partial charge >= 0.3 is 0 Å². The molecule has 11 heavy (non-hydrogen) atoms. The molecule has 0 aliphatic heterocycles. The SMILES string of the molecule is CC(C)(C)C(O)CNCCO. The van der Waals surface area contributed by atoms with Gasteiger partial charge in [0.25, 0.3) is 0 Å². The minimum absolute atomic E-state index is 0.0809. The Morgan fingerprint density at radius 3 is 2.27 bits per heavy atom. The smallest absolute Gasteiger partial charge is 0.0712 e. The third-order valence-electron chi connectivity index (χ3n) is 1.63. The Labute approximate surface area is 68.4 Å². The van der Waals surface area contributed by atoms with Crippen molar-refractivity contribution in [3.63, 3.8) is 0 Å². The number of hydrogen-bond donors (Lipinski definition) is 3. The molecular formula is C8H19NO2. The van der Waals surface area contributed by atoms with E-state index in [2.05, 4.69) is 5.32 Å². The average molecular weight is 161 g/mol. The monoisotopic (exact) mass is 161 g/mol. The highest BCUT2D eigenvalue weighted by molar-refractivity contribution is 4.74. The quantitative estimate of drug-likeness (QED) is 0.508. The lowest BCUT2D eigenvalue weighted by Crippen LogP contribution is -2.37. The molecule has 0 aromatic heterocycles. The van der Waals surface area contributed by atoms with Gasteiger partial charge in [0.15, 0.2) is 0 Å². The Bertz CT molecular complexity index is 98.8. The predicted molar refractivity (Wildman–Crippen MR) is 45.4 cm³/mol. The van der Waals surface area contributed by atoms with E-state index in [1.165, 1.54) is 0 Å². The number of nitrogens with one attached hydrogen (secondary N) is 1. The molecule has 0 heterocycles. The van der Waals surface area contributed by atoms with Crippen molar-refractivity contribution < 1.29 is 10.2 Å².